The van der Waals surface area contributed by atoms with Gasteiger partial charge in [0, 0.05) is 5.25 Å². The summed E-state index contributed by atoms with van der Waals surface area (Å²) in [4.78, 5) is 11.0. The van der Waals surface area contributed by atoms with Gasteiger partial charge in [-0.25, -0.2) is 0 Å². The van der Waals surface area contributed by atoms with Crippen LogP contribution in [0.2, 0.25) is 0 Å². The van der Waals surface area contributed by atoms with E-state index in [1.807, 2.05) is 24.4 Å². The van der Waals surface area contributed by atoms with Crippen molar-refractivity contribution < 1.29 is 9.90 Å². The van der Waals surface area contributed by atoms with Crippen LogP contribution in [-0.2, 0) is 4.79 Å². The largest absolute Gasteiger partial charge is 0.481 e. The van der Waals surface area contributed by atoms with Crippen LogP contribution in [0.15, 0.2) is 34.4 Å². The number of thioether (sulfide) groups is 1. The summed E-state index contributed by atoms with van der Waals surface area (Å²) in [5.41, 5.74) is 0. The Morgan fingerprint density at radius 2 is 2.53 bits per heavy atom. The lowest BCUT2D eigenvalue weighted by Gasteiger charge is -2.17. The Morgan fingerprint density at radius 1 is 1.80 bits per heavy atom. The maximum Gasteiger partial charge on any atom is 0.307 e. The van der Waals surface area contributed by atoms with E-state index in [2.05, 4.69) is 6.58 Å². The molecule has 0 aliphatic rings. The van der Waals surface area contributed by atoms with Crippen molar-refractivity contribution in [3.8, 4) is 0 Å². The molecule has 2 nitrogen and oxygen atoms in total. The fraction of sp³-hybridized carbons (Fsp3) is 0.364. The molecule has 2 atom stereocenters. The smallest absolute Gasteiger partial charge is 0.307 e. The van der Waals surface area contributed by atoms with E-state index < -0.39 is 5.97 Å². The van der Waals surface area contributed by atoms with Crippen LogP contribution >= 0.6 is 23.1 Å². The Kier molecular flexibility index (Phi) is 4.91. The molecule has 0 amide bonds. The normalized spacial score (nSPS) is 14.5. The molecule has 0 saturated carbocycles. The molecule has 1 aromatic rings. The summed E-state index contributed by atoms with van der Waals surface area (Å²) in [6.45, 7) is 5.54. The third-order valence-corrected chi connectivity index (χ3v) is 4.41. The number of allylic oxidation sites excluding steroid dienone is 1. The molecule has 0 aliphatic carbocycles. The van der Waals surface area contributed by atoms with Crippen molar-refractivity contribution in [2.24, 2.45) is 5.92 Å². The van der Waals surface area contributed by atoms with Gasteiger partial charge in [0.05, 0.1) is 10.1 Å². The summed E-state index contributed by atoms with van der Waals surface area (Å²) < 4.78 is 1.16. The number of carboxylic acids is 1. The molecule has 4 heteroatoms. The van der Waals surface area contributed by atoms with Crippen LogP contribution in [0.1, 0.15) is 13.3 Å². The second-order valence-electron chi connectivity index (χ2n) is 3.22. The first kappa shape index (κ1) is 12.3. The van der Waals surface area contributed by atoms with Crippen molar-refractivity contribution in [1.82, 2.24) is 0 Å². The highest BCUT2D eigenvalue weighted by Gasteiger charge is 2.24. The average molecular weight is 242 g/mol. The molecule has 82 valence electrons. The summed E-state index contributed by atoms with van der Waals surface area (Å²) >= 11 is 3.26. The van der Waals surface area contributed by atoms with Crippen molar-refractivity contribution >= 4 is 29.1 Å². The van der Waals surface area contributed by atoms with Crippen molar-refractivity contribution in [1.29, 1.82) is 0 Å². The van der Waals surface area contributed by atoms with Crippen molar-refractivity contribution in [2.45, 2.75) is 22.8 Å². The number of aliphatic carboxylic acids is 1. The third-order valence-electron chi connectivity index (χ3n) is 2.10. The van der Waals surface area contributed by atoms with Crippen LogP contribution in [0.3, 0.4) is 0 Å². The summed E-state index contributed by atoms with van der Waals surface area (Å²) in [5.74, 6) is -1.10. The molecule has 0 bridgehead atoms. The Labute approximate surface area is 98.0 Å². The molecular formula is C11H14O2S2. The highest BCUT2D eigenvalue weighted by atomic mass is 32.2. The number of carboxylic acid groups (broad SMARTS) is 1. The molecule has 0 saturated heterocycles. The highest BCUT2D eigenvalue weighted by molar-refractivity contribution is 8.01. The van der Waals surface area contributed by atoms with E-state index in [1.165, 1.54) is 0 Å². The van der Waals surface area contributed by atoms with E-state index in [1.54, 1.807) is 29.2 Å². The van der Waals surface area contributed by atoms with Crippen LogP contribution < -0.4 is 0 Å². The van der Waals surface area contributed by atoms with Crippen LogP contribution in [-0.4, -0.2) is 16.3 Å². The predicted octanol–water partition coefficient (Wildman–Crippen LogP) is 3.51. The first-order valence-electron chi connectivity index (χ1n) is 4.69. The Morgan fingerprint density at radius 3 is 3.00 bits per heavy atom. The lowest BCUT2D eigenvalue weighted by molar-refractivity contribution is -0.141. The van der Waals surface area contributed by atoms with E-state index in [0.717, 1.165) is 4.21 Å². The van der Waals surface area contributed by atoms with Crippen LogP contribution in [0.4, 0.5) is 0 Å². The average Bonchev–Trinajstić information content (AvgIpc) is 2.65. The van der Waals surface area contributed by atoms with Crippen LogP contribution in [0.25, 0.3) is 0 Å². The standard InChI is InChI=1S/C11H14O2S2/c1-3-5-9(11(12)13)8(2)15-10-6-4-7-14-10/h3-4,6-9H,1,5H2,2H3,(H,12,13). The molecule has 15 heavy (non-hydrogen) atoms. The van der Waals surface area contributed by atoms with E-state index in [9.17, 15) is 4.79 Å². The van der Waals surface area contributed by atoms with Crippen LogP contribution in [0.5, 0.6) is 0 Å². The molecular weight excluding hydrogens is 228 g/mol. The van der Waals surface area contributed by atoms with Gasteiger partial charge in [-0.15, -0.1) is 29.7 Å². The lowest BCUT2D eigenvalue weighted by atomic mass is 10.0. The van der Waals surface area contributed by atoms with Crippen molar-refractivity contribution in [3.63, 3.8) is 0 Å². The number of hydrogen-bond acceptors (Lipinski definition) is 3. The van der Waals surface area contributed by atoms with Gasteiger partial charge in [0.25, 0.3) is 0 Å². The number of thiophene rings is 1. The van der Waals surface area contributed by atoms with E-state index in [-0.39, 0.29) is 11.2 Å². The van der Waals surface area contributed by atoms with Gasteiger partial charge in [-0.1, -0.05) is 19.1 Å². The topological polar surface area (TPSA) is 37.3 Å². The van der Waals surface area contributed by atoms with E-state index in [4.69, 9.17) is 5.11 Å². The summed E-state index contributed by atoms with van der Waals surface area (Å²) in [5, 5.41) is 11.1. The fourth-order valence-corrected chi connectivity index (χ4v) is 3.48. The number of hydrogen-bond donors (Lipinski definition) is 1. The van der Waals surface area contributed by atoms with Crippen molar-refractivity contribution in [2.75, 3.05) is 0 Å². The second-order valence-corrected chi connectivity index (χ2v) is 5.85. The summed E-state index contributed by atoms with van der Waals surface area (Å²) in [6, 6.07) is 3.99. The molecule has 1 aromatic heterocycles. The minimum absolute atomic E-state index is 0.0687. The third kappa shape index (κ3) is 3.72. The Hall–Kier alpha value is -0.740. The second kappa shape index (κ2) is 5.98. The van der Waals surface area contributed by atoms with E-state index >= 15 is 0 Å². The van der Waals surface area contributed by atoms with Gasteiger partial charge in [0.15, 0.2) is 0 Å². The first-order valence-corrected chi connectivity index (χ1v) is 6.45. The van der Waals surface area contributed by atoms with Gasteiger partial charge in [-0.05, 0) is 17.9 Å². The SMILES string of the molecule is C=CCC(C(=O)O)C(C)Sc1cccs1. The zero-order valence-corrected chi connectivity index (χ0v) is 10.2. The molecule has 0 fully saturated rings. The van der Waals surface area contributed by atoms with Gasteiger partial charge in [-0.3, -0.25) is 4.79 Å². The Bertz CT molecular complexity index is 319. The fourth-order valence-electron chi connectivity index (χ4n) is 1.27. The van der Waals surface area contributed by atoms with Gasteiger partial charge in [0.1, 0.15) is 0 Å². The minimum atomic E-state index is -0.744. The number of rotatable bonds is 6. The quantitative estimate of drug-likeness (QED) is 0.612. The van der Waals surface area contributed by atoms with Gasteiger partial charge < -0.3 is 5.11 Å². The predicted molar refractivity (Wildman–Crippen MR) is 65.6 cm³/mol. The molecule has 2 unspecified atom stereocenters. The van der Waals surface area contributed by atoms with Crippen molar-refractivity contribution in [3.05, 3.63) is 30.2 Å². The first-order chi connectivity index (χ1) is 7.15. The van der Waals surface area contributed by atoms with E-state index in [0.29, 0.717) is 6.42 Å². The maximum absolute atomic E-state index is 11.0. The zero-order chi connectivity index (χ0) is 11.3. The molecule has 0 radical (unpaired) electrons. The van der Waals surface area contributed by atoms with Gasteiger partial charge in [0.2, 0.25) is 0 Å². The minimum Gasteiger partial charge on any atom is -0.481 e. The Balaban J connectivity index is 2.60. The zero-order valence-electron chi connectivity index (χ0n) is 8.55. The van der Waals surface area contributed by atoms with Gasteiger partial charge >= 0.3 is 5.97 Å². The van der Waals surface area contributed by atoms with Gasteiger partial charge in [-0.2, -0.15) is 0 Å². The molecule has 1 rings (SSSR count). The summed E-state index contributed by atoms with van der Waals surface area (Å²) in [6.07, 6.45) is 2.19. The molecule has 1 N–H and O–H groups in total. The molecule has 0 aliphatic heterocycles. The number of carbonyl (C=O) groups is 1. The monoisotopic (exact) mass is 242 g/mol. The summed E-state index contributed by atoms with van der Waals surface area (Å²) in [7, 11) is 0. The maximum atomic E-state index is 11.0. The lowest BCUT2D eigenvalue weighted by Crippen LogP contribution is -2.22. The molecule has 1 heterocycles. The molecule has 0 aromatic carbocycles. The molecule has 0 spiro atoms. The van der Waals surface area contributed by atoms with Crippen LogP contribution in [0, 0.1) is 5.92 Å². The highest BCUT2D eigenvalue weighted by Crippen LogP contribution is 2.32.